The number of aliphatic imine (C=N–C) groups is 1. The van der Waals surface area contributed by atoms with Gasteiger partial charge in [-0.05, 0) is 31.0 Å². The van der Waals surface area contributed by atoms with Crippen molar-refractivity contribution in [1.29, 1.82) is 0 Å². The molecule has 0 aliphatic heterocycles. The fourth-order valence-corrected chi connectivity index (χ4v) is 2.85. The standard InChI is InChI=1S/C19H26Cl2N4O.HI/c1-13(2)26-12-15-7-5-6-14(8-15)10-23-19(22-3)24-11-16-9-17(20)18(21)25(16)4;/h5-9,13H,10-12H2,1-4H3,(H2,22,23,24);1H. The van der Waals surface area contributed by atoms with E-state index in [2.05, 4.69) is 33.8 Å². The van der Waals surface area contributed by atoms with Crippen LogP contribution in [0, 0.1) is 0 Å². The van der Waals surface area contributed by atoms with Gasteiger partial charge in [-0.3, -0.25) is 4.99 Å². The van der Waals surface area contributed by atoms with Crippen molar-refractivity contribution in [3.8, 4) is 0 Å². The molecule has 0 aliphatic rings. The number of hydrogen-bond donors (Lipinski definition) is 2. The van der Waals surface area contributed by atoms with Crippen LogP contribution in [-0.2, 0) is 31.5 Å². The van der Waals surface area contributed by atoms with Gasteiger partial charge in [0, 0.05) is 26.3 Å². The summed E-state index contributed by atoms with van der Waals surface area (Å²) in [6.45, 7) is 5.94. The van der Waals surface area contributed by atoms with Gasteiger partial charge in [0.15, 0.2) is 5.96 Å². The number of nitrogens with zero attached hydrogens (tertiary/aromatic N) is 2. The minimum atomic E-state index is 0. The number of nitrogens with one attached hydrogen (secondary N) is 2. The van der Waals surface area contributed by atoms with Crippen LogP contribution >= 0.6 is 47.2 Å². The number of benzene rings is 1. The Balaban J connectivity index is 0.00000364. The lowest BCUT2D eigenvalue weighted by molar-refractivity contribution is 0.0657. The first-order chi connectivity index (χ1) is 12.4. The van der Waals surface area contributed by atoms with E-state index < -0.39 is 0 Å². The topological polar surface area (TPSA) is 50.6 Å². The molecule has 0 saturated carbocycles. The molecule has 1 aromatic carbocycles. The van der Waals surface area contributed by atoms with E-state index in [1.54, 1.807) is 7.05 Å². The summed E-state index contributed by atoms with van der Waals surface area (Å²) in [5.74, 6) is 0.710. The van der Waals surface area contributed by atoms with Gasteiger partial charge in [0.25, 0.3) is 0 Å². The van der Waals surface area contributed by atoms with Gasteiger partial charge >= 0.3 is 0 Å². The molecule has 2 N–H and O–H groups in total. The molecule has 2 aromatic rings. The van der Waals surface area contributed by atoms with Gasteiger partial charge in [0.2, 0.25) is 0 Å². The van der Waals surface area contributed by atoms with Crippen LogP contribution in [0.3, 0.4) is 0 Å². The molecule has 0 bridgehead atoms. The van der Waals surface area contributed by atoms with Gasteiger partial charge in [-0.25, -0.2) is 0 Å². The molecule has 0 fully saturated rings. The zero-order chi connectivity index (χ0) is 19.1. The summed E-state index contributed by atoms with van der Waals surface area (Å²) in [5, 5.41) is 7.66. The van der Waals surface area contributed by atoms with E-state index in [1.165, 1.54) is 5.56 Å². The third kappa shape index (κ3) is 7.52. The fourth-order valence-electron chi connectivity index (χ4n) is 2.43. The zero-order valence-electron chi connectivity index (χ0n) is 16.1. The number of aromatic nitrogens is 1. The Labute approximate surface area is 188 Å². The largest absolute Gasteiger partial charge is 0.374 e. The minimum absolute atomic E-state index is 0. The maximum Gasteiger partial charge on any atom is 0.191 e. The normalized spacial score (nSPS) is 11.4. The Hall–Kier alpha value is -0.960. The van der Waals surface area contributed by atoms with Crippen LogP contribution in [0.1, 0.15) is 30.7 Å². The molecule has 0 radical (unpaired) electrons. The van der Waals surface area contributed by atoms with Gasteiger partial charge in [-0.15, -0.1) is 24.0 Å². The maximum absolute atomic E-state index is 6.10. The summed E-state index contributed by atoms with van der Waals surface area (Å²) < 4.78 is 7.51. The highest BCUT2D eigenvalue weighted by molar-refractivity contribution is 14.0. The molecule has 8 heteroatoms. The summed E-state index contributed by atoms with van der Waals surface area (Å²) in [5.41, 5.74) is 3.31. The van der Waals surface area contributed by atoms with Crippen molar-refractivity contribution in [1.82, 2.24) is 15.2 Å². The molecule has 27 heavy (non-hydrogen) atoms. The summed E-state index contributed by atoms with van der Waals surface area (Å²) in [7, 11) is 3.62. The van der Waals surface area contributed by atoms with Crippen molar-refractivity contribution >= 4 is 53.1 Å². The second-order valence-electron chi connectivity index (χ2n) is 6.29. The van der Waals surface area contributed by atoms with Crippen LogP contribution in [0.5, 0.6) is 0 Å². The van der Waals surface area contributed by atoms with E-state index in [-0.39, 0.29) is 30.1 Å². The first-order valence-corrected chi connectivity index (χ1v) is 9.29. The smallest absolute Gasteiger partial charge is 0.191 e. The molecule has 2 rings (SSSR count). The average Bonchev–Trinajstić information content (AvgIpc) is 2.87. The molecule has 0 amide bonds. The molecule has 0 unspecified atom stereocenters. The summed E-state index contributed by atoms with van der Waals surface area (Å²) in [6.07, 6.45) is 0.222. The highest BCUT2D eigenvalue weighted by atomic mass is 127. The van der Waals surface area contributed by atoms with Gasteiger partial charge < -0.3 is 19.9 Å². The number of guanidine groups is 1. The highest BCUT2D eigenvalue weighted by Gasteiger charge is 2.09. The van der Waals surface area contributed by atoms with Gasteiger partial charge in [-0.1, -0.05) is 47.5 Å². The van der Waals surface area contributed by atoms with Crippen molar-refractivity contribution in [2.24, 2.45) is 12.0 Å². The highest BCUT2D eigenvalue weighted by Crippen LogP contribution is 2.24. The minimum Gasteiger partial charge on any atom is -0.374 e. The van der Waals surface area contributed by atoms with Crippen LogP contribution < -0.4 is 10.6 Å². The summed E-state index contributed by atoms with van der Waals surface area (Å²) in [6, 6.07) is 10.2. The molecular weight excluding hydrogens is 498 g/mol. The fraction of sp³-hybridized carbons (Fsp3) is 0.421. The summed E-state index contributed by atoms with van der Waals surface area (Å²) in [4.78, 5) is 4.25. The molecule has 1 heterocycles. The number of hydrogen-bond acceptors (Lipinski definition) is 2. The van der Waals surface area contributed by atoms with Crippen LogP contribution in [0.4, 0.5) is 0 Å². The van der Waals surface area contributed by atoms with Crippen LogP contribution in [0.15, 0.2) is 35.3 Å². The van der Waals surface area contributed by atoms with E-state index in [4.69, 9.17) is 27.9 Å². The maximum atomic E-state index is 6.10. The Morgan fingerprint density at radius 2 is 1.81 bits per heavy atom. The van der Waals surface area contributed by atoms with E-state index in [1.807, 2.05) is 37.6 Å². The lowest BCUT2D eigenvalue weighted by Gasteiger charge is -2.13. The zero-order valence-corrected chi connectivity index (χ0v) is 19.9. The predicted molar refractivity (Wildman–Crippen MR) is 124 cm³/mol. The van der Waals surface area contributed by atoms with Crippen molar-refractivity contribution in [3.63, 3.8) is 0 Å². The molecule has 0 saturated heterocycles. The number of rotatable bonds is 7. The monoisotopic (exact) mass is 524 g/mol. The van der Waals surface area contributed by atoms with E-state index in [9.17, 15) is 0 Å². The van der Waals surface area contributed by atoms with Crippen LogP contribution in [0.25, 0.3) is 0 Å². The quantitative estimate of drug-likeness (QED) is 0.312. The van der Waals surface area contributed by atoms with Crippen molar-refractivity contribution in [3.05, 3.63) is 57.3 Å². The van der Waals surface area contributed by atoms with Gasteiger partial charge in [-0.2, -0.15) is 0 Å². The third-order valence-corrected chi connectivity index (χ3v) is 4.75. The van der Waals surface area contributed by atoms with E-state index >= 15 is 0 Å². The van der Waals surface area contributed by atoms with Gasteiger partial charge in [0.05, 0.1) is 24.3 Å². The Morgan fingerprint density at radius 3 is 2.41 bits per heavy atom. The predicted octanol–water partition coefficient (Wildman–Crippen LogP) is 4.74. The average molecular weight is 525 g/mol. The molecule has 1 aromatic heterocycles. The third-order valence-electron chi connectivity index (χ3n) is 3.91. The molecule has 0 aliphatic carbocycles. The van der Waals surface area contributed by atoms with E-state index in [0.29, 0.717) is 35.8 Å². The van der Waals surface area contributed by atoms with Crippen LogP contribution in [-0.4, -0.2) is 23.7 Å². The molecule has 150 valence electrons. The molecule has 0 atom stereocenters. The lowest BCUT2D eigenvalue weighted by Crippen LogP contribution is -2.36. The Bertz CT molecular complexity index is 762. The first kappa shape index (κ1) is 24.1. The lowest BCUT2D eigenvalue weighted by atomic mass is 10.1. The van der Waals surface area contributed by atoms with Crippen molar-refractivity contribution < 1.29 is 4.74 Å². The second-order valence-corrected chi connectivity index (χ2v) is 7.06. The van der Waals surface area contributed by atoms with Crippen LogP contribution in [0.2, 0.25) is 10.2 Å². The molecular formula is C19H27Cl2IN4O. The Morgan fingerprint density at radius 1 is 1.15 bits per heavy atom. The summed E-state index contributed by atoms with van der Waals surface area (Å²) >= 11 is 12.1. The number of halogens is 3. The molecule has 0 spiro atoms. The SMILES string of the molecule is CN=C(NCc1cccc(COC(C)C)c1)NCc1cc(Cl)c(Cl)n1C.I. The Kier molecular flexibility index (Phi) is 10.5. The van der Waals surface area contributed by atoms with E-state index in [0.717, 1.165) is 11.3 Å². The van der Waals surface area contributed by atoms with Crippen molar-refractivity contribution in [2.45, 2.75) is 39.6 Å². The van der Waals surface area contributed by atoms with Gasteiger partial charge in [0.1, 0.15) is 5.15 Å². The van der Waals surface area contributed by atoms with Crippen molar-refractivity contribution in [2.75, 3.05) is 7.05 Å². The second kappa shape index (κ2) is 11.8. The molecule has 5 nitrogen and oxygen atoms in total. The number of ether oxygens (including phenoxy) is 1. The first-order valence-electron chi connectivity index (χ1n) is 8.54.